The van der Waals surface area contributed by atoms with Crippen LogP contribution in [-0.2, 0) is 0 Å². The third-order valence-corrected chi connectivity index (χ3v) is 1.15. The van der Waals surface area contributed by atoms with Gasteiger partial charge in [0.15, 0.2) is 0 Å². The molecule has 0 aliphatic heterocycles. The lowest BCUT2D eigenvalue weighted by molar-refractivity contribution is 0.182. The Morgan fingerprint density at radius 2 is 2.00 bits per heavy atom. The third kappa shape index (κ3) is 2.60. The molecule has 0 saturated carbocycles. The molecule has 7 heavy (non-hydrogen) atoms. The molecule has 0 unspecified atom stereocenters. The maximum absolute atomic E-state index is 8.46. The van der Waals surface area contributed by atoms with Gasteiger partial charge in [-0.2, -0.15) is 0 Å². The number of aliphatic hydroxyl groups is 1. The normalized spacial score (nSPS) is 15.0. The number of nitrogens with zero attached hydrogens (tertiary/aromatic N) is 1. The lowest BCUT2D eigenvalue weighted by Crippen LogP contribution is -2.27. The summed E-state index contributed by atoms with van der Waals surface area (Å²) >= 11 is 0. The summed E-state index contributed by atoms with van der Waals surface area (Å²) in [7, 11) is 3.89. The van der Waals surface area contributed by atoms with Crippen molar-refractivity contribution in [2.75, 3.05) is 20.7 Å². The minimum atomic E-state index is 0.243. The van der Waals surface area contributed by atoms with Crippen molar-refractivity contribution >= 4 is 0 Å². The maximum atomic E-state index is 8.46. The molecule has 0 fully saturated rings. The van der Waals surface area contributed by atoms with Crippen molar-refractivity contribution in [3.05, 3.63) is 0 Å². The zero-order valence-corrected chi connectivity index (χ0v) is 5.18. The second-order valence-electron chi connectivity index (χ2n) is 2.00. The monoisotopic (exact) mass is 103 g/mol. The van der Waals surface area contributed by atoms with E-state index >= 15 is 0 Å². The van der Waals surface area contributed by atoms with Crippen molar-refractivity contribution in [1.82, 2.24) is 4.90 Å². The zero-order chi connectivity index (χ0) is 5.86. The predicted molar refractivity (Wildman–Crippen MR) is 30.2 cm³/mol. The summed E-state index contributed by atoms with van der Waals surface area (Å²) in [4.78, 5) is 1.97. The lowest BCUT2D eigenvalue weighted by Gasteiger charge is -2.15. The van der Waals surface area contributed by atoms with Crippen LogP contribution in [0.2, 0.25) is 0 Å². The molecule has 0 aromatic carbocycles. The highest BCUT2D eigenvalue weighted by molar-refractivity contribution is 4.53. The van der Waals surface area contributed by atoms with Crippen molar-refractivity contribution in [2.45, 2.75) is 13.0 Å². The molecule has 1 atom stereocenters. The summed E-state index contributed by atoms with van der Waals surface area (Å²) in [6, 6.07) is 0.292. The molecule has 0 radical (unpaired) electrons. The second kappa shape index (κ2) is 2.99. The topological polar surface area (TPSA) is 23.5 Å². The summed E-state index contributed by atoms with van der Waals surface area (Å²) in [5.41, 5.74) is 0. The average molecular weight is 103 g/mol. The van der Waals surface area contributed by atoms with Crippen molar-refractivity contribution in [3.8, 4) is 0 Å². The number of aliphatic hydroxyl groups excluding tert-OH is 1. The fourth-order valence-corrected chi connectivity index (χ4v) is 0.163. The fourth-order valence-electron chi connectivity index (χ4n) is 0.163. The quantitative estimate of drug-likeness (QED) is 0.529. The van der Waals surface area contributed by atoms with E-state index in [4.69, 9.17) is 5.11 Å². The van der Waals surface area contributed by atoms with E-state index in [2.05, 4.69) is 0 Å². The summed E-state index contributed by atoms with van der Waals surface area (Å²) in [5, 5.41) is 8.46. The molecule has 2 heteroatoms. The van der Waals surface area contributed by atoms with Crippen LogP contribution < -0.4 is 0 Å². The van der Waals surface area contributed by atoms with Crippen LogP contribution in [0.4, 0.5) is 0 Å². The van der Waals surface area contributed by atoms with Crippen LogP contribution in [-0.4, -0.2) is 36.8 Å². The second-order valence-corrected chi connectivity index (χ2v) is 2.00. The molecule has 44 valence electrons. The fraction of sp³-hybridized carbons (Fsp3) is 1.00. The number of rotatable bonds is 2. The number of likely N-dealkylation sites (N-methyl/N-ethyl adjacent to an activating group) is 1. The summed E-state index contributed by atoms with van der Waals surface area (Å²) in [5.74, 6) is 0. The van der Waals surface area contributed by atoms with Crippen LogP contribution in [0.1, 0.15) is 6.92 Å². The molecular weight excluding hydrogens is 90.1 g/mol. The first-order chi connectivity index (χ1) is 3.18. The highest BCUT2D eigenvalue weighted by atomic mass is 16.3. The number of hydrogen-bond donors (Lipinski definition) is 1. The van der Waals surface area contributed by atoms with Gasteiger partial charge in [0.1, 0.15) is 0 Å². The van der Waals surface area contributed by atoms with Gasteiger partial charge >= 0.3 is 0 Å². The van der Waals surface area contributed by atoms with Crippen LogP contribution in [0.25, 0.3) is 0 Å². The predicted octanol–water partition coefficient (Wildman–Crippen LogP) is -0.0712. The van der Waals surface area contributed by atoms with Gasteiger partial charge in [0.05, 0.1) is 6.61 Å². The van der Waals surface area contributed by atoms with E-state index in [0.717, 1.165) is 0 Å². The highest BCUT2D eigenvalue weighted by Crippen LogP contribution is 1.85. The minimum Gasteiger partial charge on any atom is -0.395 e. The minimum absolute atomic E-state index is 0.243. The highest BCUT2D eigenvalue weighted by Gasteiger charge is 1.98. The van der Waals surface area contributed by atoms with Crippen LogP contribution in [0.15, 0.2) is 0 Å². The van der Waals surface area contributed by atoms with Crippen LogP contribution in [0, 0.1) is 0 Å². The van der Waals surface area contributed by atoms with E-state index in [1.54, 1.807) is 0 Å². The molecule has 2 nitrogen and oxygen atoms in total. The van der Waals surface area contributed by atoms with Crippen LogP contribution in [0.3, 0.4) is 0 Å². The van der Waals surface area contributed by atoms with Gasteiger partial charge in [0.25, 0.3) is 0 Å². The molecule has 0 rings (SSSR count). The molecule has 0 aromatic heterocycles. The lowest BCUT2D eigenvalue weighted by atomic mass is 10.3. The summed E-state index contributed by atoms with van der Waals surface area (Å²) in [6.45, 7) is 2.22. The molecule has 0 aromatic rings. The Balaban J connectivity index is 3.14. The Kier molecular flexibility index (Phi) is 2.96. The third-order valence-electron chi connectivity index (χ3n) is 1.15. The van der Waals surface area contributed by atoms with Gasteiger partial charge in [-0.1, -0.05) is 0 Å². The van der Waals surface area contributed by atoms with Crippen LogP contribution in [0.5, 0.6) is 0 Å². The van der Waals surface area contributed by atoms with E-state index in [9.17, 15) is 0 Å². The van der Waals surface area contributed by atoms with Gasteiger partial charge in [0, 0.05) is 6.04 Å². The molecule has 0 aliphatic rings. The standard InChI is InChI=1S/C5H13NO/c1-5(4-7)6(2)3/h5,7H,4H2,1-3H3/t5-/m0/s1. The molecule has 0 bridgehead atoms. The Bertz CT molecular complexity index is 45.3. The number of hydrogen-bond acceptors (Lipinski definition) is 2. The van der Waals surface area contributed by atoms with Gasteiger partial charge in [-0.25, -0.2) is 0 Å². The molecule has 0 aliphatic carbocycles. The Morgan fingerprint density at radius 3 is 2.00 bits per heavy atom. The Morgan fingerprint density at radius 1 is 1.57 bits per heavy atom. The molecular formula is C5H13NO. The smallest absolute Gasteiger partial charge is 0.0583 e. The van der Waals surface area contributed by atoms with E-state index in [1.807, 2.05) is 25.9 Å². The first-order valence-corrected chi connectivity index (χ1v) is 2.45. The summed E-state index contributed by atoms with van der Waals surface area (Å²) < 4.78 is 0. The SMILES string of the molecule is C[C@@H](CO)N(C)C. The first kappa shape index (κ1) is 6.92. The molecule has 0 saturated heterocycles. The largest absolute Gasteiger partial charge is 0.395 e. The van der Waals surface area contributed by atoms with Gasteiger partial charge in [-0.05, 0) is 21.0 Å². The van der Waals surface area contributed by atoms with E-state index in [1.165, 1.54) is 0 Å². The van der Waals surface area contributed by atoms with Gasteiger partial charge in [0.2, 0.25) is 0 Å². The van der Waals surface area contributed by atoms with E-state index in [0.29, 0.717) is 6.04 Å². The molecule has 0 amide bonds. The van der Waals surface area contributed by atoms with Crippen molar-refractivity contribution < 1.29 is 5.11 Å². The van der Waals surface area contributed by atoms with Crippen molar-refractivity contribution in [3.63, 3.8) is 0 Å². The van der Waals surface area contributed by atoms with Gasteiger partial charge < -0.3 is 10.0 Å². The summed E-state index contributed by atoms with van der Waals surface area (Å²) in [6.07, 6.45) is 0. The van der Waals surface area contributed by atoms with Crippen molar-refractivity contribution in [2.24, 2.45) is 0 Å². The Labute approximate surface area is 44.8 Å². The first-order valence-electron chi connectivity index (χ1n) is 2.45. The molecule has 1 N–H and O–H groups in total. The maximum Gasteiger partial charge on any atom is 0.0583 e. The van der Waals surface area contributed by atoms with Crippen LogP contribution >= 0.6 is 0 Å². The van der Waals surface area contributed by atoms with Gasteiger partial charge in [-0.3, -0.25) is 0 Å². The van der Waals surface area contributed by atoms with Crippen molar-refractivity contribution in [1.29, 1.82) is 0 Å². The van der Waals surface area contributed by atoms with E-state index < -0.39 is 0 Å². The molecule has 0 spiro atoms. The van der Waals surface area contributed by atoms with Gasteiger partial charge in [-0.15, -0.1) is 0 Å². The molecule has 0 heterocycles. The van der Waals surface area contributed by atoms with E-state index in [-0.39, 0.29) is 6.61 Å². The zero-order valence-electron chi connectivity index (χ0n) is 5.18. The Hall–Kier alpha value is -0.0800. The average Bonchev–Trinajstić information content (AvgIpc) is 1.65.